The van der Waals surface area contributed by atoms with E-state index >= 15 is 0 Å². The van der Waals surface area contributed by atoms with Crippen LogP contribution >= 0.6 is 0 Å². The summed E-state index contributed by atoms with van der Waals surface area (Å²) in [6.07, 6.45) is 1.61. The zero-order valence-electron chi connectivity index (χ0n) is 23.4. The molecule has 0 aliphatic heterocycles. The third-order valence-electron chi connectivity index (χ3n) is 6.69. The van der Waals surface area contributed by atoms with E-state index in [9.17, 15) is 14.9 Å². The molecular formula is C29H38N8O3. The minimum absolute atomic E-state index is 0. The molecule has 0 saturated heterocycles. The lowest BCUT2D eigenvalue weighted by Gasteiger charge is -2.22. The van der Waals surface area contributed by atoms with Gasteiger partial charge in [0.1, 0.15) is 11.4 Å². The van der Waals surface area contributed by atoms with Gasteiger partial charge in [-0.2, -0.15) is 0 Å². The van der Waals surface area contributed by atoms with Gasteiger partial charge in [0.05, 0.1) is 16.3 Å². The summed E-state index contributed by atoms with van der Waals surface area (Å²) in [6.45, 7) is 3.29. The number of hydrogen-bond acceptors (Lipinski definition) is 8. The molecule has 0 spiro atoms. The van der Waals surface area contributed by atoms with Crippen molar-refractivity contribution in [2.24, 2.45) is 7.05 Å². The number of fused-ring (bicyclic) bond motifs is 1. The highest BCUT2D eigenvalue weighted by Gasteiger charge is 2.25. The van der Waals surface area contributed by atoms with E-state index in [4.69, 9.17) is 4.98 Å². The standard InChI is InChI=1S/C28H34N8O3.CH4/c1-18-16-23(34(6)15-14-32(2)3)24(36(38)39)17-21(18)31-28-29-13-12-20(30-28)25-19-10-8-9-11-22(19)35(7)26(25)27(37)33(4)5;/h8-13,16-17H,14-15H2,1-7H3,(H,29,30,31);1H4. The first-order chi connectivity index (χ1) is 18.5. The lowest BCUT2D eigenvalue weighted by Crippen LogP contribution is -2.29. The Labute approximate surface area is 235 Å². The molecule has 212 valence electrons. The molecule has 0 fully saturated rings. The maximum atomic E-state index is 13.2. The van der Waals surface area contributed by atoms with Crippen molar-refractivity contribution in [2.45, 2.75) is 14.4 Å². The van der Waals surface area contributed by atoms with Crippen LogP contribution in [0.25, 0.3) is 22.2 Å². The number of likely N-dealkylation sites (N-methyl/N-ethyl adjacent to an activating group) is 2. The normalized spacial score (nSPS) is 10.9. The lowest BCUT2D eigenvalue weighted by molar-refractivity contribution is -0.384. The average molecular weight is 547 g/mol. The summed E-state index contributed by atoms with van der Waals surface area (Å²) in [4.78, 5) is 39.4. The molecule has 0 unspecified atom stereocenters. The van der Waals surface area contributed by atoms with Gasteiger partial charge >= 0.3 is 0 Å². The van der Waals surface area contributed by atoms with Gasteiger partial charge < -0.3 is 24.6 Å². The molecule has 0 bridgehead atoms. The highest BCUT2D eigenvalue weighted by Crippen LogP contribution is 2.36. The second kappa shape index (κ2) is 12.1. The molecule has 2 aromatic carbocycles. The quantitative estimate of drug-likeness (QED) is 0.232. The fraction of sp³-hybridized carbons (Fsp3) is 0.345. The van der Waals surface area contributed by atoms with E-state index in [0.717, 1.165) is 23.0 Å². The number of carbonyl (C=O) groups is 1. The van der Waals surface area contributed by atoms with E-state index in [1.807, 2.05) is 73.7 Å². The van der Waals surface area contributed by atoms with Crippen molar-refractivity contribution in [3.8, 4) is 11.3 Å². The van der Waals surface area contributed by atoms with Gasteiger partial charge in [0.25, 0.3) is 11.6 Å². The molecule has 0 radical (unpaired) electrons. The van der Waals surface area contributed by atoms with Gasteiger partial charge in [-0.3, -0.25) is 14.9 Å². The molecule has 4 aromatic rings. The molecule has 1 amide bonds. The van der Waals surface area contributed by atoms with Crippen LogP contribution in [0.5, 0.6) is 0 Å². The molecule has 1 N–H and O–H groups in total. The molecule has 2 heterocycles. The van der Waals surface area contributed by atoms with Gasteiger partial charge in [0.2, 0.25) is 5.95 Å². The van der Waals surface area contributed by atoms with E-state index in [2.05, 4.69) is 10.3 Å². The van der Waals surface area contributed by atoms with E-state index < -0.39 is 0 Å². The largest absolute Gasteiger partial charge is 0.368 e. The van der Waals surface area contributed by atoms with Crippen molar-refractivity contribution >= 4 is 39.8 Å². The summed E-state index contributed by atoms with van der Waals surface area (Å²) in [5, 5.41) is 16.0. The molecule has 0 aliphatic rings. The Morgan fingerprint density at radius 2 is 1.77 bits per heavy atom. The summed E-state index contributed by atoms with van der Waals surface area (Å²) in [5.74, 6) is 0.132. The maximum absolute atomic E-state index is 13.2. The van der Waals surface area contributed by atoms with Crippen LogP contribution in [0.3, 0.4) is 0 Å². The van der Waals surface area contributed by atoms with Crippen LogP contribution in [-0.4, -0.2) is 83.5 Å². The Morgan fingerprint density at radius 1 is 1.07 bits per heavy atom. The van der Waals surface area contributed by atoms with E-state index in [0.29, 0.717) is 34.9 Å². The monoisotopic (exact) mass is 546 g/mol. The van der Waals surface area contributed by atoms with Gasteiger partial charge in [-0.25, -0.2) is 9.97 Å². The van der Waals surface area contributed by atoms with E-state index in [1.54, 1.807) is 32.4 Å². The van der Waals surface area contributed by atoms with E-state index in [-0.39, 0.29) is 29.9 Å². The Kier molecular flexibility index (Phi) is 9.10. The van der Waals surface area contributed by atoms with Crippen LogP contribution in [0.1, 0.15) is 23.5 Å². The lowest BCUT2D eigenvalue weighted by atomic mass is 10.1. The van der Waals surface area contributed by atoms with Gasteiger partial charge in [-0.05, 0) is 44.8 Å². The van der Waals surface area contributed by atoms with Crippen molar-refractivity contribution in [3.63, 3.8) is 0 Å². The third kappa shape index (κ3) is 5.89. The Hall–Kier alpha value is -4.51. The van der Waals surface area contributed by atoms with Gasteiger partial charge in [-0.15, -0.1) is 0 Å². The molecule has 40 heavy (non-hydrogen) atoms. The van der Waals surface area contributed by atoms with Crippen molar-refractivity contribution in [1.29, 1.82) is 0 Å². The molecular weight excluding hydrogens is 508 g/mol. The summed E-state index contributed by atoms with van der Waals surface area (Å²) in [7, 11) is 11.1. The van der Waals surface area contributed by atoms with Gasteiger partial charge in [0, 0.05) is 70.0 Å². The van der Waals surface area contributed by atoms with Gasteiger partial charge in [0.15, 0.2) is 0 Å². The molecule has 0 atom stereocenters. The number of para-hydroxylation sites is 1. The number of aryl methyl sites for hydroxylation is 2. The predicted molar refractivity (Wildman–Crippen MR) is 162 cm³/mol. The Morgan fingerprint density at radius 3 is 2.42 bits per heavy atom. The number of anilines is 3. The van der Waals surface area contributed by atoms with Crippen molar-refractivity contribution < 1.29 is 9.72 Å². The first-order valence-corrected chi connectivity index (χ1v) is 12.5. The minimum Gasteiger partial charge on any atom is -0.368 e. The first-order valence-electron chi connectivity index (χ1n) is 12.5. The number of nitrogens with one attached hydrogen (secondary N) is 1. The van der Waals surface area contributed by atoms with Crippen LogP contribution in [0, 0.1) is 17.0 Å². The molecule has 2 aromatic heterocycles. The SMILES string of the molecule is C.Cc1cc(N(C)CCN(C)C)c([N+](=O)[O-])cc1Nc1nccc(-c2c(C(=O)N(C)C)n(C)c3ccccc23)n1. The zero-order chi connectivity index (χ0) is 28.4. The summed E-state index contributed by atoms with van der Waals surface area (Å²) >= 11 is 0. The van der Waals surface area contributed by atoms with Crippen molar-refractivity contribution in [3.05, 3.63) is 70.0 Å². The molecule has 11 nitrogen and oxygen atoms in total. The van der Waals surface area contributed by atoms with Gasteiger partial charge in [-0.1, -0.05) is 25.6 Å². The highest BCUT2D eigenvalue weighted by atomic mass is 16.6. The number of benzene rings is 2. The van der Waals surface area contributed by atoms with Crippen molar-refractivity contribution in [1.82, 2.24) is 24.3 Å². The molecule has 4 rings (SSSR count). The van der Waals surface area contributed by atoms with Crippen LogP contribution in [0.15, 0.2) is 48.7 Å². The summed E-state index contributed by atoms with van der Waals surface area (Å²) in [5.41, 5.74) is 4.59. The maximum Gasteiger partial charge on any atom is 0.294 e. The minimum atomic E-state index is -0.376. The first kappa shape index (κ1) is 30.0. The smallest absolute Gasteiger partial charge is 0.294 e. The van der Waals surface area contributed by atoms with Crippen LogP contribution in [0.4, 0.5) is 23.0 Å². The number of nitro groups is 1. The number of rotatable bonds is 9. The topological polar surface area (TPSA) is 113 Å². The van der Waals surface area contributed by atoms with Crippen LogP contribution in [0.2, 0.25) is 0 Å². The van der Waals surface area contributed by atoms with Crippen LogP contribution < -0.4 is 10.2 Å². The van der Waals surface area contributed by atoms with Crippen molar-refractivity contribution in [2.75, 3.05) is 58.5 Å². The number of amides is 1. The number of aromatic nitrogens is 3. The molecule has 11 heteroatoms. The number of hydrogen-bond donors (Lipinski definition) is 1. The molecule has 0 saturated carbocycles. The Balaban J connectivity index is 0.00000441. The summed E-state index contributed by atoms with van der Waals surface area (Å²) < 4.78 is 1.88. The fourth-order valence-corrected chi connectivity index (χ4v) is 4.53. The Bertz CT molecular complexity index is 1540. The highest BCUT2D eigenvalue weighted by molar-refractivity contribution is 6.09. The zero-order valence-corrected chi connectivity index (χ0v) is 23.4. The summed E-state index contributed by atoms with van der Waals surface area (Å²) in [6, 6.07) is 12.9. The number of nitro benzene ring substituents is 1. The average Bonchev–Trinajstić information content (AvgIpc) is 3.19. The third-order valence-corrected chi connectivity index (χ3v) is 6.69. The van der Waals surface area contributed by atoms with Crippen LogP contribution in [-0.2, 0) is 7.05 Å². The van der Waals surface area contributed by atoms with E-state index in [1.165, 1.54) is 11.0 Å². The number of carbonyl (C=O) groups excluding carboxylic acids is 1. The molecule has 0 aliphatic carbocycles. The number of nitrogens with zero attached hydrogens (tertiary/aromatic N) is 7. The second-order valence-electron chi connectivity index (χ2n) is 10.0. The second-order valence-corrected chi connectivity index (χ2v) is 10.0. The predicted octanol–water partition coefficient (Wildman–Crippen LogP) is 4.93. The fourth-order valence-electron chi connectivity index (χ4n) is 4.53.